The van der Waals surface area contributed by atoms with Gasteiger partial charge in [-0.25, -0.2) is 9.59 Å². The van der Waals surface area contributed by atoms with E-state index in [9.17, 15) is 14.4 Å². The molecule has 2 amide bonds. The minimum absolute atomic E-state index is 0.0951. The van der Waals surface area contributed by atoms with Crippen molar-refractivity contribution in [3.05, 3.63) is 89.5 Å². The Labute approximate surface area is 233 Å². The fourth-order valence-corrected chi connectivity index (χ4v) is 4.89. The lowest BCUT2D eigenvalue weighted by Gasteiger charge is -2.26. The first-order valence-electron chi connectivity index (χ1n) is 13.0. The molecule has 3 atom stereocenters. The lowest BCUT2D eigenvalue weighted by Crippen LogP contribution is -2.56. The van der Waals surface area contributed by atoms with Crippen LogP contribution in [0.2, 0.25) is 0 Å². The number of benzene rings is 3. The number of hydrogen-bond donors (Lipinski definition) is 2. The van der Waals surface area contributed by atoms with Crippen molar-refractivity contribution >= 4 is 18.0 Å². The summed E-state index contributed by atoms with van der Waals surface area (Å²) in [6, 6.07) is 21.1. The van der Waals surface area contributed by atoms with Crippen molar-refractivity contribution in [1.29, 1.82) is 0 Å². The van der Waals surface area contributed by atoms with Gasteiger partial charge in [-0.1, -0.05) is 60.7 Å². The number of carbonyl (C=O) groups is 3. The van der Waals surface area contributed by atoms with E-state index in [2.05, 4.69) is 22.8 Å². The minimum Gasteiger partial charge on any atom is -0.497 e. The number of nitrogens with one attached hydrogen (secondary N) is 2. The fourth-order valence-electron chi connectivity index (χ4n) is 4.89. The SMILES string of the molecule is COC(=O)[C@H](Cc1ccc(OC)cc1)NC(=O)[C@@H](NC(=O)OCC1c2ccccc2-c2ccccc21)[C@@H](C)OC. The maximum atomic E-state index is 13.3. The van der Waals surface area contributed by atoms with Crippen LogP contribution in [0.3, 0.4) is 0 Å². The maximum Gasteiger partial charge on any atom is 0.407 e. The van der Waals surface area contributed by atoms with Gasteiger partial charge in [-0.05, 0) is 46.9 Å². The Morgan fingerprint density at radius 2 is 1.43 bits per heavy atom. The Hall–Kier alpha value is -4.37. The summed E-state index contributed by atoms with van der Waals surface area (Å²) in [5.74, 6) is -0.678. The molecule has 0 radical (unpaired) electrons. The highest BCUT2D eigenvalue weighted by Crippen LogP contribution is 2.44. The van der Waals surface area contributed by atoms with Gasteiger partial charge >= 0.3 is 12.1 Å². The highest BCUT2D eigenvalue weighted by Gasteiger charge is 2.33. The van der Waals surface area contributed by atoms with Gasteiger partial charge in [0.1, 0.15) is 24.4 Å². The van der Waals surface area contributed by atoms with Gasteiger partial charge in [0.05, 0.1) is 20.3 Å². The van der Waals surface area contributed by atoms with Crippen LogP contribution in [0, 0.1) is 0 Å². The summed E-state index contributed by atoms with van der Waals surface area (Å²) in [7, 11) is 4.24. The van der Waals surface area contributed by atoms with Gasteiger partial charge in [-0.15, -0.1) is 0 Å². The first-order valence-corrected chi connectivity index (χ1v) is 13.0. The zero-order chi connectivity index (χ0) is 28.6. The Morgan fingerprint density at radius 1 is 0.825 bits per heavy atom. The molecule has 0 aromatic heterocycles. The van der Waals surface area contributed by atoms with Gasteiger partial charge in [0.2, 0.25) is 5.91 Å². The number of carbonyl (C=O) groups excluding carboxylic acids is 3. The van der Waals surface area contributed by atoms with Crippen LogP contribution in [-0.2, 0) is 30.2 Å². The van der Waals surface area contributed by atoms with Gasteiger partial charge in [-0.2, -0.15) is 0 Å². The molecule has 0 unspecified atom stereocenters. The Morgan fingerprint density at radius 3 is 1.98 bits per heavy atom. The van der Waals surface area contributed by atoms with Crippen LogP contribution in [0.1, 0.15) is 29.5 Å². The summed E-state index contributed by atoms with van der Waals surface area (Å²) in [5.41, 5.74) is 5.18. The molecule has 3 aromatic carbocycles. The first kappa shape index (κ1) is 28.6. The number of methoxy groups -OCH3 is 3. The molecular formula is C31H34N2O7. The molecule has 9 nitrogen and oxygen atoms in total. The number of hydrogen-bond acceptors (Lipinski definition) is 7. The first-order chi connectivity index (χ1) is 19.4. The number of amides is 2. The van der Waals surface area contributed by atoms with Gasteiger partial charge in [0.15, 0.2) is 0 Å². The van der Waals surface area contributed by atoms with Crippen molar-refractivity contribution in [3.8, 4) is 16.9 Å². The van der Waals surface area contributed by atoms with Crippen LogP contribution < -0.4 is 15.4 Å². The van der Waals surface area contributed by atoms with E-state index in [-0.39, 0.29) is 18.9 Å². The molecule has 9 heteroatoms. The summed E-state index contributed by atoms with van der Waals surface area (Å²) < 4.78 is 21.1. The van der Waals surface area contributed by atoms with E-state index in [0.29, 0.717) is 5.75 Å². The zero-order valence-corrected chi connectivity index (χ0v) is 23.0. The van der Waals surface area contributed by atoms with Crippen LogP contribution in [0.4, 0.5) is 4.79 Å². The largest absolute Gasteiger partial charge is 0.497 e. The van der Waals surface area contributed by atoms with E-state index < -0.39 is 36.2 Å². The summed E-state index contributed by atoms with van der Waals surface area (Å²) in [5, 5.41) is 5.31. The van der Waals surface area contributed by atoms with Gasteiger partial charge in [0, 0.05) is 19.4 Å². The predicted molar refractivity (Wildman–Crippen MR) is 149 cm³/mol. The second kappa shape index (κ2) is 13.1. The normalized spacial score (nSPS) is 14.2. The fraction of sp³-hybridized carbons (Fsp3) is 0.323. The lowest BCUT2D eigenvalue weighted by atomic mass is 9.98. The molecule has 1 aliphatic rings. The Balaban J connectivity index is 1.43. The second-order valence-electron chi connectivity index (χ2n) is 9.52. The van der Waals surface area contributed by atoms with Crippen LogP contribution in [0.15, 0.2) is 72.8 Å². The summed E-state index contributed by atoms with van der Waals surface area (Å²) in [4.78, 5) is 38.7. The topological polar surface area (TPSA) is 112 Å². The van der Waals surface area contributed by atoms with Crippen molar-refractivity contribution in [3.63, 3.8) is 0 Å². The molecule has 0 heterocycles. The molecule has 210 valence electrons. The van der Waals surface area contributed by atoms with Crippen LogP contribution in [-0.4, -0.2) is 64.1 Å². The molecular weight excluding hydrogens is 512 g/mol. The quantitative estimate of drug-likeness (QED) is 0.352. The van der Waals surface area contributed by atoms with Crippen molar-refractivity contribution in [2.24, 2.45) is 0 Å². The van der Waals surface area contributed by atoms with Crippen LogP contribution >= 0.6 is 0 Å². The summed E-state index contributed by atoms with van der Waals surface area (Å²) in [6.45, 7) is 1.74. The number of rotatable bonds is 11. The number of esters is 1. The molecule has 3 aromatic rings. The van der Waals surface area contributed by atoms with E-state index in [1.165, 1.54) is 14.2 Å². The van der Waals surface area contributed by atoms with Gasteiger partial charge in [0.25, 0.3) is 0 Å². The standard InChI is InChI=1S/C31H34N2O7/c1-19(37-2)28(29(34)32-27(30(35)39-4)17-20-13-15-21(38-3)16-14-20)33-31(36)40-18-26-24-11-7-5-9-22(24)23-10-6-8-12-25(23)26/h5-16,19,26-28H,17-18H2,1-4H3,(H,32,34)(H,33,36)/t19-,27+,28+/m1/s1. The van der Waals surface area contributed by atoms with Gasteiger partial charge < -0.3 is 29.6 Å². The van der Waals surface area contributed by atoms with Crippen LogP contribution in [0.25, 0.3) is 11.1 Å². The van der Waals surface area contributed by atoms with Crippen molar-refractivity contribution < 1.29 is 33.3 Å². The van der Waals surface area contributed by atoms with Crippen molar-refractivity contribution in [2.75, 3.05) is 27.9 Å². The van der Waals surface area contributed by atoms with Crippen LogP contribution in [0.5, 0.6) is 5.75 Å². The highest BCUT2D eigenvalue weighted by molar-refractivity contribution is 5.90. The number of fused-ring (bicyclic) bond motifs is 3. The third-order valence-corrected chi connectivity index (χ3v) is 7.14. The minimum atomic E-state index is -1.12. The molecule has 4 rings (SSSR count). The van der Waals surface area contributed by atoms with Crippen molar-refractivity contribution in [1.82, 2.24) is 10.6 Å². The van der Waals surface area contributed by atoms with E-state index >= 15 is 0 Å². The average molecular weight is 547 g/mol. The van der Waals surface area contributed by atoms with E-state index in [0.717, 1.165) is 27.8 Å². The summed E-state index contributed by atoms with van der Waals surface area (Å²) in [6.07, 6.45) is -1.29. The molecule has 40 heavy (non-hydrogen) atoms. The molecule has 0 aliphatic heterocycles. The Bertz CT molecular complexity index is 1300. The second-order valence-corrected chi connectivity index (χ2v) is 9.52. The maximum absolute atomic E-state index is 13.3. The Kier molecular flexibility index (Phi) is 9.39. The smallest absolute Gasteiger partial charge is 0.407 e. The molecule has 2 N–H and O–H groups in total. The monoisotopic (exact) mass is 546 g/mol. The molecule has 0 fully saturated rings. The summed E-state index contributed by atoms with van der Waals surface area (Å²) >= 11 is 0. The van der Waals surface area contributed by atoms with Gasteiger partial charge in [-0.3, -0.25) is 4.79 Å². The predicted octanol–water partition coefficient (Wildman–Crippen LogP) is 3.84. The molecule has 0 saturated carbocycles. The number of alkyl carbamates (subject to hydrolysis) is 1. The lowest BCUT2D eigenvalue weighted by molar-refractivity contribution is -0.145. The average Bonchev–Trinajstić information content (AvgIpc) is 3.31. The highest BCUT2D eigenvalue weighted by atomic mass is 16.6. The molecule has 0 saturated heterocycles. The molecule has 0 spiro atoms. The molecule has 1 aliphatic carbocycles. The zero-order valence-electron chi connectivity index (χ0n) is 23.0. The van der Waals surface area contributed by atoms with E-state index in [4.69, 9.17) is 18.9 Å². The van der Waals surface area contributed by atoms with E-state index in [1.807, 2.05) is 36.4 Å². The van der Waals surface area contributed by atoms with Crippen molar-refractivity contribution in [2.45, 2.75) is 37.5 Å². The third-order valence-electron chi connectivity index (χ3n) is 7.14. The number of ether oxygens (including phenoxy) is 4. The van der Waals surface area contributed by atoms with E-state index in [1.54, 1.807) is 38.3 Å². The molecule has 0 bridgehead atoms. The third kappa shape index (κ3) is 6.43.